The van der Waals surface area contributed by atoms with Crippen molar-refractivity contribution < 1.29 is 13.9 Å². The Morgan fingerprint density at radius 2 is 2.12 bits per heavy atom. The Balaban J connectivity index is 2.80. The third kappa shape index (κ3) is 3.70. The van der Waals surface area contributed by atoms with Crippen LogP contribution >= 0.6 is 23.2 Å². The third-order valence-electron chi connectivity index (χ3n) is 1.78. The minimum absolute atomic E-state index is 0.0282. The van der Waals surface area contributed by atoms with E-state index in [4.69, 9.17) is 28.3 Å². The molecule has 90 valence electrons. The fourth-order valence-electron chi connectivity index (χ4n) is 1.02. The second kappa shape index (κ2) is 6.12. The van der Waals surface area contributed by atoms with Gasteiger partial charge in [-0.15, -0.1) is 0 Å². The van der Waals surface area contributed by atoms with Gasteiger partial charge in [-0.1, -0.05) is 11.6 Å². The zero-order chi connectivity index (χ0) is 12.1. The van der Waals surface area contributed by atoms with Crippen molar-refractivity contribution in [2.45, 2.75) is 18.9 Å². The molecule has 0 aliphatic rings. The van der Waals surface area contributed by atoms with E-state index < -0.39 is 12.5 Å². The van der Waals surface area contributed by atoms with E-state index in [1.54, 1.807) is 0 Å². The van der Waals surface area contributed by atoms with Gasteiger partial charge in [0, 0.05) is 6.61 Å². The highest BCUT2D eigenvalue weighted by Crippen LogP contribution is 2.22. The SMILES string of the molecule is OCCC(Nc1nc(Cl)ncc1Cl)C(F)F. The first-order chi connectivity index (χ1) is 7.54. The molecule has 16 heavy (non-hydrogen) atoms. The standard InChI is InChI=1S/C8H9Cl2F2N3O/c9-4-3-13-8(10)15-7(4)14-5(1-2-16)6(11)12/h3,5-6,16H,1-2H2,(H,13,14,15). The summed E-state index contributed by atoms with van der Waals surface area (Å²) in [6, 6.07) is -1.23. The first kappa shape index (κ1) is 13.3. The van der Waals surface area contributed by atoms with Crippen molar-refractivity contribution >= 4 is 29.0 Å². The van der Waals surface area contributed by atoms with Gasteiger partial charge in [-0.05, 0) is 18.0 Å². The van der Waals surface area contributed by atoms with Crippen LogP contribution in [0.4, 0.5) is 14.6 Å². The fraction of sp³-hybridized carbons (Fsp3) is 0.500. The van der Waals surface area contributed by atoms with Crippen LogP contribution in [0, 0.1) is 0 Å². The zero-order valence-electron chi connectivity index (χ0n) is 8.00. The molecule has 1 aromatic heterocycles. The number of rotatable bonds is 5. The average Bonchev–Trinajstić information content (AvgIpc) is 2.22. The molecule has 1 rings (SSSR count). The molecule has 0 aliphatic carbocycles. The molecule has 0 fully saturated rings. The van der Waals surface area contributed by atoms with Gasteiger partial charge in [-0.3, -0.25) is 0 Å². The lowest BCUT2D eigenvalue weighted by Crippen LogP contribution is -2.29. The monoisotopic (exact) mass is 271 g/mol. The summed E-state index contributed by atoms with van der Waals surface area (Å²) in [5.41, 5.74) is 0. The van der Waals surface area contributed by atoms with Crippen molar-refractivity contribution in [3.8, 4) is 0 Å². The summed E-state index contributed by atoms with van der Waals surface area (Å²) < 4.78 is 25.0. The third-order valence-corrected chi connectivity index (χ3v) is 2.24. The van der Waals surface area contributed by atoms with Gasteiger partial charge in [0.25, 0.3) is 6.43 Å². The van der Waals surface area contributed by atoms with Crippen LogP contribution in [-0.4, -0.2) is 34.1 Å². The van der Waals surface area contributed by atoms with Gasteiger partial charge in [0.1, 0.15) is 10.8 Å². The summed E-state index contributed by atoms with van der Waals surface area (Å²) in [6.07, 6.45) is -1.55. The van der Waals surface area contributed by atoms with Gasteiger partial charge in [0.2, 0.25) is 5.28 Å². The van der Waals surface area contributed by atoms with Crippen molar-refractivity contribution in [1.82, 2.24) is 9.97 Å². The number of aliphatic hydroxyl groups excluding tert-OH is 1. The molecule has 0 amide bonds. The van der Waals surface area contributed by atoms with E-state index in [1.165, 1.54) is 6.20 Å². The van der Waals surface area contributed by atoms with Gasteiger partial charge in [-0.2, -0.15) is 4.98 Å². The molecule has 0 aliphatic heterocycles. The van der Waals surface area contributed by atoms with Crippen molar-refractivity contribution in [2.75, 3.05) is 11.9 Å². The summed E-state index contributed by atoms with van der Waals surface area (Å²) in [5.74, 6) is 0.0282. The maximum absolute atomic E-state index is 12.5. The average molecular weight is 272 g/mol. The molecule has 1 aromatic rings. The van der Waals surface area contributed by atoms with E-state index in [9.17, 15) is 8.78 Å². The first-order valence-electron chi connectivity index (χ1n) is 4.38. The second-order valence-corrected chi connectivity index (χ2v) is 3.68. The van der Waals surface area contributed by atoms with Crippen molar-refractivity contribution in [1.29, 1.82) is 0 Å². The highest BCUT2D eigenvalue weighted by molar-refractivity contribution is 6.33. The number of aromatic nitrogens is 2. The maximum atomic E-state index is 12.5. The molecule has 1 heterocycles. The number of aliphatic hydroxyl groups is 1. The minimum atomic E-state index is -2.64. The number of nitrogens with zero attached hydrogens (tertiary/aromatic N) is 2. The zero-order valence-corrected chi connectivity index (χ0v) is 9.51. The summed E-state index contributed by atoms with van der Waals surface area (Å²) >= 11 is 11.2. The molecule has 0 spiro atoms. The van der Waals surface area contributed by atoms with Crippen molar-refractivity contribution in [2.24, 2.45) is 0 Å². The molecule has 4 nitrogen and oxygen atoms in total. The molecule has 0 saturated heterocycles. The molecule has 8 heteroatoms. The van der Waals surface area contributed by atoms with E-state index in [-0.39, 0.29) is 29.2 Å². The Labute approximate surface area is 101 Å². The first-order valence-corrected chi connectivity index (χ1v) is 5.13. The predicted octanol–water partition coefficient (Wildman–Crippen LogP) is 2.21. The van der Waals surface area contributed by atoms with Gasteiger partial charge in [-0.25, -0.2) is 13.8 Å². The quantitative estimate of drug-likeness (QED) is 0.807. The Morgan fingerprint density at radius 3 is 2.69 bits per heavy atom. The minimum Gasteiger partial charge on any atom is -0.396 e. The highest BCUT2D eigenvalue weighted by Gasteiger charge is 2.21. The largest absolute Gasteiger partial charge is 0.396 e. The molecule has 0 aromatic carbocycles. The van der Waals surface area contributed by atoms with Crippen LogP contribution in [0.25, 0.3) is 0 Å². The number of nitrogens with one attached hydrogen (secondary N) is 1. The maximum Gasteiger partial charge on any atom is 0.258 e. The number of halogens is 4. The summed E-state index contributed by atoms with van der Waals surface area (Å²) in [6.45, 7) is -0.363. The Morgan fingerprint density at radius 1 is 1.44 bits per heavy atom. The van der Waals surface area contributed by atoms with Crippen LogP contribution in [0.3, 0.4) is 0 Å². The second-order valence-electron chi connectivity index (χ2n) is 2.93. The molecular formula is C8H9Cl2F2N3O. The molecule has 1 atom stereocenters. The summed E-state index contributed by atoms with van der Waals surface area (Å²) in [5, 5.41) is 11.0. The van der Waals surface area contributed by atoms with E-state index in [2.05, 4.69) is 15.3 Å². The normalized spacial score (nSPS) is 12.9. The van der Waals surface area contributed by atoms with Crippen LogP contribution in [-0.2, 0) is 0 Å². The predicted molar refractivity (Wildman–Crippen MR) is 57.2 cm³/mol. The van der Waals surface area contributed by atoms with Gasteiger partial charge in [0.15, 0.2) is 0 Å². The number of alkyl halides is 2. The van der Waals surface area contributed by atoms with Crippen LogP contribution < -0.4 is 5.32 Å². The van der Waals surface area contributed by atoms with Crippen LogP contribution in [0.15, 0.2) is 6.20 Å². The lowest BCUT2D eigenvalue weighted by atomic mass is 10.2. The smallest absolute Gasteiger partial charge is 0.258 e. The molecule has 0 radical (unpaired) electrons. The van der Waals surface area contributed by atoms with Crippen molar-refractivity contribution in [3.63, 3.8) is 0 Å². The number of hydrogen-bond donors (Lipinski definition) is 2. The molecule has 1 unspecified atom stereocenters. The van der Waals surface area contributed by atoms with Gasteiger partial charge < -0.3 is 10.4 Å². The Bertz CT molecular complexity index is 354. The van der Waals surface area contributed by atoms with Gasteiger partial charge >= 0.3 is 0 Å². The molecule has 2 N–H and O–H groups in total. The van der Waals surface area contributed by atoms with Crippen LogP contribution in [0.2, 0.25) is 10.3 Å². The lowest BCUT2D eigenvalue weighted by molar-refractivity contribution is 0.109. The highest BCUT2D eigenvalue weighted by atomic mass is 35.5. The molecule has 0 bridgehead atoms. The fourth-order valence-corrected chi connectivity index (χ4v) is 1.30. The summed E-state index contributed by atoms with van der Waals surface area (Å²) in [7, 11) is 0. The van der Waals surface area contributed by atoms with Crippen molar-refractivity contribution in [3.05, 3.63) is 16.5 Å². The number of anilines is 1. The van der Waals surface area contributed by atoms with Crippen LogP contribution in [0.1, 0.15) is 6.42 Å². The number of hydrogen-bond acceptors (Lipinski definition) is 4. The Hall–Kier alpha value is -0.720. The molecule has 0 saturated carbocycles. The van der Waals surface area contributed by atoms with Gasteiger partial charge in [0.05, 0.1) is 12.2 Å². The van der Waals surface area contributed by atoms with E-state index >= 15 is 0 Å². The lowest BCUT2D eigenvalue weighted by Gasteiger charge is -2.17. The topological polar surface area (TPSA) is 58.0 Å². The Kier molecular flexibility index (Phi) is 5.11. The van der Waals surface area contributed by atoms with E-state index in [0.29, 0.717) is 0 Å². The summed E-state index contributed by atoms with van der Waals surface area (Å²) in [4.78, 5) is 7.26. The van der Waals surface area contributed by atoms with E-state index in [0.717, 1.165) is 0 Å². The van der Waals surface area contributed by atoms with E-state index in [1.807, 2.05) is 0 Å². The van der Waals surface area contributed by atoms with Crippen LogP contribution in [0.5, 0.6) is 0 Å². The molecular weight excluding hydrogens is 263 g/mol.